The van der Waals surface area contributed by atoms with Crippen LogP contribution in [0.5, 0.6) is 0 Å². The molecule has 22 heavy (non-hydrogen) atoms. The minimum Gasteiger partial charge on any atom is -0.310 e. The minimum absolute atomic E-state index is 0.0613. The van der Waals surface area contributed by atoms with Gasteiger partial charge in [0.15, 0.2) is 0 Å². The van der Waals surface area contributed by atoms with Crippen molar-refractivity contribution in [1.29, 1.82) is 0 Å². The Balaban J connectivity index is 1.73. The molecule has 1 aromatic heterocycles. The van der Waals surface area contributed by atoms with Crippen molar-refractivity contribution in [2.24, 2.45) is 5.92 Å². The lowest BCUT2D eigenvalue weighted by Gasteiger charge is -2.18. The molecule has 3 rings (SSSR count). The van der Waals surface area contributed by atoms with Gasteiger partial charge in [-0.1, -0.05) is 29.8 Å². The fraction of sp³-hybridized carbons (Fsp3) is 0.250. The molecule has 0 saturated carbocycles. The highest BCUT2D eigenvalue weighted by atomic mass is 35.5. The van der Waals surface area contributed by atoms with Crippen molar-refractivity contribution < 1.29 is 4.79 Å². The van der Waals surface area contributed by atoms with Crippen LogP contribution in [0, 0.1) is 12.8 Å². The summed E-state index contributed by atoms with van der Waals surface area (Å²) in [6.07, 6.45) is 1.73. The van der Waals surface area contributed by atoms with Crippen LogP contribution in [-0.2, 0) is 4.79 Å². The van der Waals surface area contributed by atoms with Crippen LogP contribution in [0.3, 0.4) is 0 Å². The second-order valence-electron chi connectivity index (χ2n) is 5.37. The number of benzene rings is 1. The lowest BCUT2D eigenvalue weighted by Crippen LogP contribution is -2.29. The summed E-state index contributed by atoms with van der Waals surface area (Å²) in [7, 11) is 0. The molecular formula is C16H17ClN4O. The molecule has 1 aliphatic rings. The van der Waals surface area contributed by atoms with E-state index >= 15 is 0 Å². The summed E-state index contributed by atoms with van der Waals surface area (Å²) < 4.78 is 0. The Labute approximate surface area is 134 Å². The first kappa shape index (κ1) is 15.0. The van der Waals surface area contributed by atoms with Crippen molar-refractivity contribution in [3.05, 3.63) is 58.7 Å². The number of hydrogen-bond donors (Lipinski definition) is 3. The number of hydrogen-bond acceptors (Lipinski definition) is 4. The van der Waals surface area contributed by atoms with Crippen LogP contribution < -0.4 is 16.2 Å². The predicted molar refractivity (Wildman–Crippen MR) is 86.4 cm³/mol. The first-order valence-corrected chi connectivity index (χ1v) is 7.48. The van der Waals surface area contributed by atoms with E-state index in [0.717, 1.165) is 11.1 Å². The van der Waals surface area contributed by atoms with E-state index in [0.29, 0.717) is 17.4 Å². The van der Waals surface area contributed by atoms with Gasteiger partial charge in [0.05, 0.1) is 12.0 Å². The predicted octanol–water partition coefficient (Wildman–Crippen LogP) is 2.45. The van der Waals surface area contributed by atoms with Crippen molar-refractivity contribution in [2.45, 2.75) is 13.0 Å². The molecule has 2 heterocycles. The van der Waals surface area contributed by atoms with Gasteiger partial charge in [0.2, 0.25) is 5.91 Å². The third-order valence-electron chi connectivity index (χ3n) is 3.71. The van der Waals surface area contributed by atoms with Crippen LogP contribution in [0.4, 0.5) is 5.82 Å². The van der Waals surface area contributed by atoms with Gasteiger partial charge < -0.3 is 5.32 Å². The van der Waals surface area contributed by atoms with Crippen LogP contribution in [0.25, 0.3) is 0 Å². The van der Waals surface area contributed by atoms with Crippen molar-refractivity contribution in [2.75, 3.05) is 11.9 Å². The molecule has 2 aromatic rings. The van der Waals surface area contributed by atoms with E-state index in [1.54, 1.807) is 12.3 Å². The van der Waals surface area contributed by atoms with Gasteiger partial charge in [0, 0.05) is 17.8 Å². The highest BCUT2D eigenvalue weighted by molar-refractivity contribution is 6.30. The number of anilines is 1. The molecule has 1 aromatic carbocycles. The second kappa shape index (κ2) is 6.44. The molecule has 1 fully saturated rings. The molecule has 5 nitrogen and oxygen atoms in total. The van der Waals surface area contributed by atoms with Gasteiger partial charge in [-0.25, -0.2) is 10.4 Å². The maximum Gasteiger partial charge on any atom is 0.231 e. The molecule has 114 valence electrons. The zero-order valence-electron chi connectivity index (χ0n) is 12.1. The number of halogens is 1. The highest BCUT2D eigenvalue weighted by Gasteiger charge is 2.34. The summed E-state index contributed by atoms with van der Waals surface area (Å²) in [5, 5.41) is 3.55. The Kier molecular flexibility index (Phi) is 4.38. The number of aryl methyl sites for hydroxylation is 1. The van der Waals surface area contributed by atoms with Crippen molar-refractivity contribution in [3.63, 3.8) is 0 Å². The average molecular weight is 317 g/mol. The summed E-state index contributed by atoms with van der Waals surface area (Å²) in [6.45, 7) is 2.52. The van der Waals surface area contributed by atoms with Gasteiger partial charge in [-0.2, -0.15) is 0 Å². The van der Waals surface area contributed by atoms with E-state index in [1.807, 2.05) is 37.3 Å². The Morgan fingerprint density at radius 3 is 2.73 bits per heavy atom. The number of amides is 1. The number of carbonyl (C=O) groups excluding carboxylic acids is 1. The Morgan fingerprint density at radius 2 is 2.05 bits per heavy atom. The lowest BCUT2D eigenvalue weighted by atomic mass is 9.94. The fourth-order valence-electron chi connectivity index (χ4n) is 2.49. The first-order chi connectivity index (χ1) is 10.6. The standard InChI is InChI=1S/C16H17ClN4O/c1-10-2-7-14(18-8-10)20-16(22)13-9-19-21-15(13)11-3-5-12(17)6-4-11/h2-8,13,15,19,21H,9H2,1H3,(H,18,20,22). The molecule has 2 unspecified atom stereocenters. The van der Waals surface area contributed by atoms with E-state index in [-0.39, 0.29) is 17.9 Å². The van der Waals surface area contributed by atoms with Crippen molar-refractivity contribution >= 4 is 23.3 Å². The normalized spacial score (nSPS) is 20.8. The molecule has 1 saturated heterocycles. The molecule has 3 N–H and O–H groups in total. The Bertz CT molecular complexity index is 657. The van der Waals surface area contributed by atoms with Gasteiger partial charge in [0.25, 0.3) is 0 Å². The number of carbonyl (C=O) groups is 1. The summed E-state index contributed by atoms with van der Waals surface area (Å²) >= 11 is 5.91. The van der Waals surface area contributed by atoms with Gasteiger partial charge in [-0.15, -0.1) is 0 Å². The van der Waals surface area contributed by atoms with E-state index < -0.39 is 0 Å². The zero-order chi connectivity index (χ0) is 15.5. The summed E-state index contributed by atoms with van der Waals surface area (Å²) in [4.78, 5) is 16.7. The summed E-state index contributed by atoms with van der Waals surface area (Å²) in [5.41, 5.74) is 8.27. The van der Waals surface area contributed by atoms with E-state index in [9.17, 15) is 4.79 Å². The van der Waals surface area contributed by atoms with Crippen LogP contribution in [0.2, 0.25) is 5.02 Å². The van der Waals surface area contributed by atoms with E-state index in [1.165, 1.54) is 0 Å². The van der Waals surface area contributed by atoms with Crippen molar-refractivity contribution in [1.82, 2.24) is 15.8 Å². The lowest BCUT2D eigenvalue weighted by molar-refractivity contribution is -0.119. The summed E-state index contributed by atoms with van der Waals surface area (Å²) in [5.74, 6) is 0.287. The largest absolute Gasteiger partial charge is 0.310 e. The molecule has 0 aliphatic carbocycles. The van der Waals surface area contributed by atoms with Crippen LogP contribution in [0.15, 0.2) is 42.6 Å². The SMILES string of the molecule is Cc1ccc(NC(=O)C2CNNC2c2ccc(Cl)cc2)nc1. The van der Waals surface area contributed by atoms with Crippen LogP contribution >= 0.6 is 11.6 Å². The van der Waals surface area contributed by atoms with Gasteiger partial charge in [-0.3, -0.25) is 10.2 Å². The fourth-order valence-corrected chi connectivity index (χ4v) is 2.61. The maximum atomic E-state index is 12.5. The third-order valence-corrected chi connectivity index (χ3v) is 3.96. The minimum atomic E-state index is -0.218. The first-order valence-electron chi connectivity index (χ1n) is 7.11. The van der Waals surface area contributed by atoms with Crippen molar-refractivity contribution in [3.8, 4) is 0 Å². The number of rotatable bonds is 3. The Morgan fingerprint density at radius 1 is 1.27 bits per heavy atom. The van der Waals surface area contributed by atoms with Crippen LogP contribution in [-0.4, -0.2) is 17.4 Å². The molecule has 6 heteroatoms. The Hall–Kier alpha value is -1.95. The molecular weight excluding hydrogens is 300 g/mol. The number of hydrazine groups is 1. The van der Waals surface area contributed by atoms with Gasteiger partial charge in [0.1, 0.15) is 5.82 Å². The number of aromatic nitrogens is 1. The monoisotopic (exact) mass is 316 g/mol. The van der Waals surface area contributed by atoms with E-state index in [2.05, 4.69) is 21.2 Å². The molecule has 1 aliphatic heterocycles. The third kappa shape index (κ3) is 3.27. The van der Waals surface area contributed by atoms with Gasteiger partial charge >= 0.3 is 0 Å². The number of pyridine rings is 1. The number of nitrogens with one attached hydrogen (secondary N) is 3. The molecule has 0 bridgehead atoms. The molecule has 2 atom stereocenters. The highest BCUT2D eigenvalue weighted by Crippen LogP contribution is 2.27. The molecule has 0 spiro atoms. The average Bonchev–Trinajstić information content (AvgIpc) is 3.00. The summed E-state index contributed by atoms with van der Waals surface area (Å²) in [6, 6.07) is 11.1. The van der Waals surface area contributed by atoms with E-state index in [4.69, 9.17) is 11.6 Å². The molecule has 0 radical (unpaired) electrons. The smallest absolute Gasteiger partial charge is 0.231 e. The second-order valence-corrected chi connectivity index (χ2v) is 5.81. The quantitative estimate of drug-likeness (QED) is 0.814. The van der Waals surface area contributed by atoms with Gasteiger partial charge in [-0.05, 0) is 36.2 Å². The molecule has 1 amide bonds. The zero-order valence-corrected chi connectivity index (χ0v) is 12.9. The maximum absolute atomic E-state index is 12.5. The van der Waals surface area contributed by atoms with Crippen LogP contribution in [0.1, 0.15) is 17.2 Å². The topological polar surface area (TPSA) is 66.1 Å². The number of nitrogens with zero attached hydrogens (tertiary/aromatic N) is 1.